The Labute approximate surface area is 77.9 Å². The summed E-state index contributed by atoms with van der Waals surface area (Å²) < 4.78 is 0. The topological polar surface area (TPSA) is 38.1 Å². The molecule has 68 valence electrons. The zero-order valence-corrected chi connectivity index (χ0v) is 7.99. The zero-order chi connectivity index (χ0) is 9.26. The van der Waals surface area contributed by atoms with Crippen molar-refractivity contribution in [2.75, 3.05) is 7.05 Å². The average molecular weight is 175 g/mol. The highest BCUT2D eigenvalue weighted by Crippen LogP contribution is 2.37. The van der Waals surface area contributed by atoms with E-state index in [1.807, 2.05) is 13.1 Å². The molecule has 1 aromatic rings. The van der Waals surface area contributed by atoms with Gasteiger partial charge < -0.3 is 0 Å². The first kappa shape index (κ1) is 8.35. The summed E-state index contributed by atoms with van der Waals surface area (Å²) >= 11 is 0. The van der Waals surface area contributed by atoms with Crippen LogP contribution in [-0.2, 0) is 0 Å². The number of aliphatic imine (C=N–C) groups is 1. The van der Waals surface area contributed by atoms with Gasteiger partial charge in [0, 0.05) is 36.6 Å². The van der Waals surface area contributed by atoms with Crippen LogP contribution in [0.15, 0.2) is 11.2 Å². The van der Waals surface area contributed by atoms with Crippen LogP contribution in [0.25, 0.3) is 0 Å². The highest BCUT2D eigenvalue weighted by molar-refractivity contribution is 5.80. The smallest absolute Gasteiger partial charge is 0.131 e. The Bertz CT molecular complexity index is 340. The molecule has 1 saturated carbocycles. The summed E-state index contributed by atoms with van der Waals surface area (Å²) in [6.07, 6.45) is 6.16. The zero-order valence-electron chi connectivity index (χ0n) is 7.99. The van der Waals surface area contributed by atoms with Crippen molar-refractivity contribution in [1.82, 2.24) is 9.97 Å². The largest absolute Gasteiger partial charge is 0.296 e. The lowest BCUT2D eigenvalue weighted by molar-refractivity contribution is 0.903. The number of aromatic nitrogens is 2. The molecule has 1 aliphatic carbocycles. The fourth-order valence-electron chi connectivity index (χ4n) is 1.30. The van der Waals surface area contributed by atoms with Gasteiger partial charge in [0.15, 0.2) is 0 Å². The van der Waals surface area contributed by atoms with Gasteiger partial charge in [0.25, 0.3) is 0 Å². The van der Waals surface area contributed by atoms with Crippen LogP contribution in [0.3, 0.4) is 0 Å². The Balaban J connectivity index is 2.31. The van der Waals surface area contributed by atoms with Crippen molar-refractivity contribution in [3.05, 3.63) is 23.3 Å². The predicted molar refractivity (Wildman–Crippen MR) is 52.3 cm³/mol. The van der Waals surface area contributed by atoms with E-state index < -0.39 is 0 Å². The maximum atomic E-state index is 4.45. The molecule has 1 heterocycles. The maximum Gasteiger partial charge on any atom is 0.131 e. The van der Waals surface area contributed by atoms with E-state index in [1.54, 1.807) is 13.3 Å². The van der Waals surface area contributed by atoms with Crippen LogP contribution in [0.1, 0.15) is 35.8 Å². The lowest BCUT2D eigenvalue weighted by Gasteiger charge is -2.00. The molecule has 0 aliphatic heterocycles. The molecule has 0 saturated heterocycles. The first-order chi connectivity index (χ1) is 6.31. The molecule has 0 atom stereocenters. The second-order valence-electron chi connectivity index (χ2n) is 3.43. The van der Waals surface area contributed by atoms with Crippen LogP contribution < -0.4 is 0 Å². The van der Waals surface area contributed by atoms with E-state index in [9.17, 15) is 0 Å². The maximum absolute atomic E-state index is 4.45. The molecule has 1 fully saturated rings. The van der Waals surface area contributed by atoms with E-state index in [0.717, 1.165) is 17.1 Å². The van der Waals surface area contributed by atoms with E-state index in [2.05, 4.69) is 15.0 Å². The summed E-state index contributed by atoms with van der Waals surface area (Å²) in [4.78, 5) is 12.7. The van der Waals surface area contributed by atoms with E-state index in [1.165, 1.54) is 12.8 Å². The fourth-order valence-corrected chi connectivity index (χ4v) is 1.30. The van der Waals surface area contributed by atoms with Crippen molar-refractivity contribution in [1.29, 1.82) is 0 Å². The summed E-state index contributed by atoms with van der Waals surface area (Å²) in [5, 5.41) is 0. The third kappa shape index (κ3) is 1.74. The van der Waals surface area contributed by atoms with Gasteiger partial charge in [-0.25, -0.2) is 9.97 Å². The van der Waals surface area contributed by atoms with Gasteiger partial charge in [-0.2, -0.15) is 0 Å². The Kier molecular flexibility index (Phi) is 2.08. The van der Waals surface area contributed by atoms with Gasteiger partial charge in [-0.05, 0) is 19.8 Å². The monoisotopic (exact) mass is 175 g/mol. The van der Waals surface area contributed by atoms with E-state index in [-0.39, 0.29) is 0 Å². The molecule has 13 heavy (non-hydrogen) atoms. The number of aryl methyl sites for hydroxylation is 1. The summed E-state index contributed by atoms with van der Waals surface area (Å²) in [7, 11) is 1.76. The summed E-state index contributed by atoms with van der Waals surface area (Å²) in [5.41, 5.74) is 2.05. The number of hydrogen-bond donors (Lipinski definition) is 0. The number of hydrogen-bond acceptors (Lipinski definition) is 3. The van der Waals surface area contributed by atoms with Crippen LogP contribution in [-0.4, -0.2) is 23.2 Å². The molecule has 1 aromatic heterocycles. The Morgan fingerprint density at radius 2 is 2.31 bits per heavy atom. The van der Waals surface area contributed by atoms with Crippen LogP contribution >= 0.6 is 0 Å². The molecule has 1 aliphatic rings. The molecule has 0 N–H and O–H groups in total. The molecule has 0 radical (unpaired) electrons. The van der Waals surface area contributed by atoms with Gasteiger partial charge in [0.05, 0.1) is 0 Å². The van der Waals surface area contributed by atoms with E-state index in [0.29, 0.717) is 5.92 Å². The van der Waals surface area contributed by atoms with Gasteiger partial charge in [-0.1, -0.05) is 0 Å². The van der Waals surface area contributed by atoms with Gasteiger partial charge in [-0.3, -0.25) is 4.99 Å². The first-order valence-corrected chi connectivity index (χ1v) is 4.57. The van der Waals surface area contributed by atoms with Crippen molar-refractivity contribution in [3.63, 3.8) is 0 Å². The molecule has 0 amide bonds. The Morgan fingerprint density at radius 1 is 1.54 bits per heavy atom. The van der Waals surface area contributed by atoms with Crippen LogP contribution in [0, 0.1) is 6.92 Å². The predicted octanol–water partition coefficient (Wildman–Crippen LogP) is 1.71. The van der Waals surface area contributed by atoms with Crippen LogP contribution in [0.5, 0.6) is 0 Å². The number of rotatable bonds is 2. The minimum Gasteiger partial charge on any atom is -0.296 e. The SMILES string of the molecule is CN=Cc1cnc(C2CC2)nc1C. The van der Waals surface area contributed by atoms with Gasteiger partial charge >= 0.3 is 0 Å². The fraction of sp³-hybridized carbons (Fsp3) is 0.500. The molecule has 3 heteroatoms. The van der Waals surface area contributed by atoms with Crippen molar-refractivity contribution in [3.8, 4) is 0 Å². The molecule has 0 unspecified atom stereocenters. The number of nitrogens with zero attached hydrogens (tertiary/aromatic N) is 3. The minimum atomic E-state index is 0.631. The highest BCUT2D eigenvalue weighted by Gasteiger charge is 2.26. The first-order valence-electron chi connectivity index (χ1n) is 4.57. The van der Waals surface area contributed by atoms with Crippen LogP contribution in [0.2, 0.25) is 0 Å². The Morgan fingerprint density at radius 3 is 2.85 bits per heavy atom. The van der Waals surface area contributed by atoms with Crippen molar-refractivity contribution in [2.45, 2.75) is 25.7 Å². The summed E-state index contributed by atoms with van der Waals surface area (Å²) in [6.45, 7) is 2.00. The lowest BCUT2D eigenvalue weighted by Crippen LogP contribution is -1.99. The van der Waals surface area contributed by atoms with Gasteiger partial charge in [0.1, 0.15) is 5.82 Å². The second-order valence-corrected chi connectivity index (χ2v) is 3.43. The van der Waals surface area contributed by atoms with Crippen molar-refractivity contribution >= 4 is 6.21 Å². The molecule has 0 bridgehead atoms. The molecule has 2 rings (SSSR count). The Hall–Kier alpha value is -1.25. The summed E-state index contributed by atoms with van der Waals surface area (Å²) in [5.74, 6) is 1.64. The van der Waals surface area contributed by atoms with Gasteiger partial charge in [-0.15, -0.1) is 0 Å². The van der Waals surface area contributed by atoms with Crippen molar-refractivity contribution in [2.24, 2.45) is 4.99 Å². The van der Waals surface area contributed by atoms with E-state index in [4.69, 9.17) is 0 Å². The molecule has 3 nitrogen and oxygen atoms in total. The lowest BCUT2D eigenvalue weighted by atomic mass is 10.2. The van der Waals surface area contributed by atoms with E-state index >= 15 is 0 Å². The minimum absolute atomic E-state index is 0.631. The molecule has 0 aromatic carbocycles. The third-order valence-electron chi connectivity index (χ3n) is 2.25. The third-order valence-corrected chi connectivity index (χ3v) is 2.25. The van der Waals surface area contributed by atoms with Gasteiger partial charge in [0.2, 0.25) is 0 Å². The van der Waals surface area contributed by atoms with Crippen molar-refractivity contribution < 1.29 is 0 Å². The highest BCUT2D eigenvalue weighted by atomic mass is 14.9. The average Bonchev–Trinajstić information content (AvgIpc) is 2.91. The quantitative estimate of drug-likeness (QED) is 0.642. The molecular formula is C10H13N3. The molecule has 0 spiro atoms. The normalized spacial score (nSPS) is 16.8. The summed E-state index contributed by atoms with van der Waals surface area (Å²) in [6, 6.07) is 0. The van der Waals surface area contributed by atoms with Crippen LogP contribution in [0.4, 0.5) is 0 Å². The molecular weight excluding hydrogens is 162 g/mol. The standard InChI is InChI=1S/C10H13N3/c1-7-9(5-11-2)6-12-10(13-7)8-3-4-8/h5-6,8H,3-4H2,1-2H3. The second kappa shape index (κ2) is 3.24.